The molecule has 0 aromatic carbocycles. The van der Waals surface area contributed by atoms with Crippen LogP contribution in [0.4, 0.5) is 0 Å². The van der Waals surface area contributed by atoms with Gasteiger partial charge >= 0.3 is 0 Å². The van der Waals surface area contributed by atoms with Crippen molar-refractivity contribution in [1.29, 1.82) is 0 Å². The second-order valence-electron chi connectivity index (χ2n) is 4.28. The van der Waals surface area contributed by atoms with Gasteiger partial charge in [0.15, 0.2) is 0 Å². The molecule has 1 aliphatic carbocycles. The molecule has 70 valence electrons. The molecule has 3 unspecified atom stereocenters. The predicted molar refractivity (Wildman–Crippen MR) is 51.2 cm³/mol. The van der Waals surface area contributed by atoms with Crippen molar-refractivity contribution in [1.82, 2.24) is 10.6 Å². The van der Waals surface area contributed by atoms with Crippen LogP contribution in [0.3, 0.4) is 0 Å². The first kappa shape index (κ1) is 8.52. The van der Waals surface area contributed by atoms with E-state index in [1.807, 2.05) is 0 Å². The summed E-state index contributed by atoms with van der Waals surface area (Å²) in [5.74, 6) is 1.91. The van der Waals surface area contributed by atoms with Crippen molar-refractivity contribution in [2.24, 2.45) is 11.8 Å². The molecular formula is C10H20N2. The van der Waals surface area contributed by atoms with Crippen LogP contribution >= 0.6 is 0 Å². The van der Waals surface area contributed by atoms with E-state index in [1.54, 1.807) is 0 Å². The fourth-order valence-electron chi connectivity index (χ4n) is 2.16. The Hall–Kier alpha value is -0.0800. The molecule has 1 saturated heterocycles. The van der Waals surface area contributed by atoms with E-state index in [2.05, 4.69) is 17.6 Å². The Balaban J connectivity index is 1.57. The van der Waals surface area contributed by atoms with Crippen LogP contribution in [-0.2, 0) is 0 Å². The molecule has 2 heteroatoms. The standard InChI is InChI=1S/C10H20N2/c1-2-9-5-10(9)12-7-8-3-4-11-6-8/h8-12H,2-7H2,1H3. The molecule has 1 saturated carbocycles. The van der Waals surface area contributed by atoms with Gasteiger partial charge in [0.1, 0.15) is 0 Å². The summed E-state index contributed by atoms with van der Waals surface area (Å²) >= 11 is 0. The van der Waals surface area contributed by atoms with Crippen LogP contribution in [0, 0.1) is 11.8 Å². The molecule has 2 aliphatic rings. The van der Waals surface area contributed by atoms with Crippen molar-refractivity contribution in [3.05, 3.63) is 0 Å². The highest BCUT2D eigenvalue weighted by atomic mass is 15.0. The van der Waals surface area contributed by atoms with Gasteiger partial charge in [0.2, 0.25) is 0 Å². The van der Waals surface area contributed by atoms with Crippen LogP contribution in [0.1, 0.15) is 26.2 Å². The highest BCUT2D eigenvalue weighted by molar-refractivity contribution is 4.92. The molecule has 2 fully saturated rings. The molecule has 1 heterocycles. The molecule has 3 atom stereocenters. The minimum atomic E-state index is 0.871. The Kier molecular flexibility index (Phi) is 2.66. The summed E-state index contributed by atoms with van der Waals surface area (Å²) in [5, 5.41) is 7.06. The summed E-state index contributed by atoms with van der Waals surface area (Å²) < 4.78 is 0. The van der Waals surface area contributed by atoms with Crippen LogP contribution in [0.2, 0.25) is 0 Å². The third-order valence-electron chi connectivity index (χ3n) is 3.28. The molecule has 2 nitrogen and oxygen atoms in total. The summed E-state index contributed by atoms with van der Waals surface area (Å²) in [6.07, 6.45) is 4.16. The van der Waals surface area contributed by atoms with Gasteiger partial charge in [-0.05, 0) is 44.3 Å². The van der Waals surface area contributed by atoms with Crippen LogP contribution in [-0.4, -0.2) is 25.7 Å². The van der Waals surface area contributed by atoms with Crippen molar-refractivity contribution < 1.29 is 0 Å². The normalized spacial score (nSPS) is 40.2. The second kappa shape index (κ2) is 3.75. The second-order valence-corrected chi connectivity index (χ2v) is 4.28. The minimum Gasteiger partial charge on any atom is -0.316 e. The van der Waals surface area contributed by atoms with Crippen LogP contribution in [0.25, 0.3) is 0 Å². The maximum absolute atomic E-state index is 3.66. The van der Waals surface area contributed by atoms with E-state index in [-0.39, 0.29) is 0 Å². The molecule has 0 spiro atoms. The van der Waals surface area contributed by atoms with E-state index in [4.69, 9.17) is 0 Å². The molecule has 0 radical (unpaired) electrons. The summed E-state index contributed by atoms with van der Waals surface area (Å²) in [6, 6.07) is 0.871. The summed E-state index contributed by atoms with van der Waals surface area (Å²) in [7, 11) is 0. The maximum Gasteiger partial charge on any atom is 0.00991 e. The Morgan fingerprint density at radius 1 is 1.50 bits per heavy atom. The van der Waals surface area contributed by atoms with E-state index in [0.29, 0.717) is 0 Å². The quantitative estimate of drug-likeness (QED) is 0.654. The first-order chi connectivity index (χ1) is 5.90. The molecule has 2 rings (SSSR count). The van der Waals surface area contributed by atoms with Gasteiger partial charge in [-0.1, -0.05) is 13.3 Å². The number of hydrogen-bond donors (Lipinski definition) is 2. The Labute approximate surface area is 75.1 Å². The molecule has 2 N–H and O–H groups in total. The minimum absolute atomic E-state index is 0.871. The zero-order chi connectivity index (χ0) is 8.39. The highest BCUT2D eigenvalue weighted by Gasteiger charge is 2.35. The molecule has 0 bridgehead atoms. The van der Waals surface area contributed by atoms with Gasteiger partial charge in [0.25, 0.3) is 0 Å². The molecule has 0 aromatic heterocycles. The lowest BCUT2D eigenvalue weighted by molar-refractivity contribution is 0.497. The van der Waals surface area contributed by atoms with Crippen LogP contribution in [0.5, 0.6) is 0 Å². The van der Waals surface area contributed by atoms with E-state index in [1.165, 1.54) is 38.9 Å². The van der Waals surface area contributed by atoms with Gasteiger partial charge < -0.3 is 10.6 Å². The Morgan fingerprint density at radius 3 is 3.00 bits per heavy atom. The molecular weight excluding hydrogens is 148 g/mol. The molecule has 1 aliphatic heterocycles. The van der Waals surface area contributed by atoms with Gasteiger partial charge in [-0.2, -0.15) is 0 Å². The van der Waals surface area contributed by atoms with E-state index in [9.17, 15) is 0 Å². The predicted octanol–water partition coefficient (Wildman–Crippen LogP) is 0.984. The van der Waals surface area contributed by atoms with Crippen molar-refractivity contribution in [2.45, 2.75) is 32.2 Å². The third kappa shape index (κ3) is 1.99. The first-order valence-corrected chi connectivity index (χ1v) is 5.34. The zero-order valence-electron chi connectivity index (χ0n) is 7.97. The fourth-order valence-corrected chi connectivity index (χ4v) is 2.16. The van der Waals surface area contributed by atoms with Crippen molar-refractivity contribution >= 4 is 0 Å². The average Bonchev–Trinajstić information content (AvgIpc) is 2.67. The maximum atomic E-state index is 3.66. The summed E-state index contributed by atoms with van der Waals surface area (Å²) in [5.41, 5.74) is 0. The number of rotatable bonds is 4. The van der Waals surface area contributed by atoms with E-state index < -0.39 is 0 Å². The first-order valence-electron chi connectivity index (χ1n) is 5.34. The lowest BCUT2D eigenvalue weighted by atomic mass is 10.1. The lowest BCUT2D eigenvalue weighted by Gasteiger charge is -2.08. The van der Waals surface area contributed by atoms with Crippen molar-refractivity contribution in [3.63, 3.8) is 0 Å². The van der Waals surface area contributed by atoms with Gasteiger partial charge in [-0.3, -0.25) is 0 Å². The lowest BCUT2D eigenvalue weighted by Crippen LogP contribution is -2.27. The van der Waals surface area contributed by atoms with Crippen LogP contribution in [0.15, 0.2) is 0 Å². The van der Waals surface area contributed by atoms with E-state index in [0.717, 1.165) is 17.9 Å². The van der Waals surface area contributed by atoms with Gasteiger partial charge in [-0.25, -0.2) is 0 Å². The largest absolute Gasteiger partial charge is 0.316 e. The average molecular weight is 168 g/mol. The smallest absolute Gasteiger partial charge is 0.00991 e. The van der Waals surface area contributed by atoms with Gasteiger partial charge in [0.05, 0.1) is 0 Å². The zero-order valence-corrected chi connectivity index (χ0v) is 7.97. The van der Waals surface area contributed by atoms with Crippen molar-refractivity contribution in [2.75, 3.05) is 19.6 Å². The highest BCUT2D eigenvalue weighted by Crippen LogP contribution is 2.33. The Morgan fingerprint density at radius 2 is 2.42 bits per heavy atom. The summed E-state index contributed by atoms with van der Waals surface area (Å²) in [4.78, 5) is 0. The molecule has 0 aromatic rings. The fraction of sp³-hybridized carbons (Fsp3) is 1.00. The molecule has 12 heavy (non-hydrogen) atoms. The summed E-state index contributed by atoms with van der Waals surface area (Å²) in [6.45, 7) is 6.00. The monoisotopic (exact) mass is 168 g/mol. The molecule has 0 amide bonds. The van der Waals surface area contributed by atoms with E-state index >= 15 is 0 Å². The van der Waals surface area contributed by atoms with Crippen molar-refractivity contribution in [3.8, 4) is 0 Å². The topological polar surface area (TPSA) is 24.1 Å². The van der Waals surface area contributed by atoms with Crippen LogP contribution < -0.4 is 10.6 Å². The Bertz CT molecular complexity index is 141. The van der Waals surface area contributed by atoms with Gasteiger partial charge in [0, 0.05) is 6.04 Å². The third-order valence-corrected chi connectivity index (χ3v) is 3.28. The number of nitrogens with one attached hydrogen (secondary N) is 2. The SMILES string of the molecule is CCC1CC1NCC1CCNC1. The van der Waals surface area contributed by atoms with Gasteiger partial charge in [-0.15, -0.1) is 0 Å². The number of hydrogen-bond acceptors (Lipinski definition) is 2.